The number of nitrogen functional groups attached to an aromatic ring is 1. The average molecular weight is 419 g/mol. The van der Waals surface area contributed by atoms with Gasteiger partial charge in [0, 0.05) is 44.6 Å². The second kappa shape index (κ2) is 9.50. The highest BCUT2D eigenvalue weighted by Crippen LogP contribution is 2.27. The SMILES string of the molecule is COCCNc1ccc(-c2cc(N3CCc4ccccc4C3)nc(C(=O)NN)n2)cn1. The molecule has 0 bridgehead atoms. The Morgan fingerprint density at radius 3 is 2.77 bits per heavy atom. The number of ether oxygens (including phenoxy) is 1. The molecule has 0 unspecified atom stereocenters. The van der Waals surface area contributed by atoms with Crippen molar-refractivity contribution in [3.63, 3.8) is 0 Å². The van der Waals surface area contributed by atoms with Crippen LogP contribution in [0.1, 0.15) is 21.7 Å². The number of carbonyl (C=O) groups excluding carboxylic acids is 1. The lowest BCUT2D eigenvalue weighted by atomic mass is 10.00. The molecular weight excluding hydrogens is 394 g/mol. The standard InChI is InChI=1S/C22H25N7O2/c1-31-11-9-24-19-7-6-16(13-25-19)18-12-20(27-21(26-18)22(30)28-23)29-10-8-15-4-2-3-5-17(15)14-29/h2-7,12-13H,8-11,14,23H2,1H3,(H,24,25)(H,28,30). The summed E-state index contributed by atoms with van der Waals surface area (Å²) >= 11 is 0. The van der Waals surface area contributed by atoms with Crippen molar-refractivity contribution in [2.45, 2.75) is 13.0 Å². The number of carbonyl (C=O) groups is 1. The predicted molar refractivity (Wildman–Crippen MR) is 118 cm³/mol. The number of hydrogen-bond donors (Lipinski definition) is 3. The van der Waals surface area contributed by atoms with E-state index >= 15 is 0 Å². The third-order valence-corrected chi connectivity index (χ3v) is 5.17. The Bertz CT molecular complexity index is 1060. The van der Waals surface area contributed by atoms with Crippen LogP contribution in [0.5, 0.6) is 0 Å². The molecule has 1 aliphatic rings. The van der Waals surface area contributed by atoms with Crippen molar-refractivity contribution in [3.8, 4) is 11.3 Å². The summed E-state index contributed by atoms with van der Waals surface area (Å²) in [5, 5.41) is 3.18. The summed E-state index contributed by atoms with van der Waals surface area (Å²) in [4.78, 5) is 27.7. The Morgan fingerprint density at radius 1 is 1.19 bits per heavy atom. The van der Waals surface area contributed by atoms with Crippen LogP contribution in [0.4, 0.5) is 11.6 Å². The monoisotopic (exact) mass is 419 g/mol. The zero-order valence-corrected chi connectivity index (χ0v) is 17.3. The summed E-state index contributed by atoms with van der Waals surface area (Å²) in [6, 6.07) is 14.0. The van der Waals surface area contributed by atoms with Gasteiger partial charge in [-0.1, -0.05) is 24.3 Å². The molecule has 0 fully saturated rings. The molecule has 4 rings (SSSR count). The van der Waals surface area contributed by atoms with Crippen LogP contribution in [0.3, 0.4) is 0 Å². The number of benzene rings is 1. The molecule has 0 saturated carbocycles. The minimum absolute atomic E-state index is 0.0242. The number of fused-ring (bicyclic) bond motifs is 1. The molecule has 31 heavy (non-hydrogen) atoms. The molecule has 9 nitrogen and oxygen atoms in total. The largest absolute Gasteiger partial charge is 0.383 e. The zero-order valence-electron chi connectivity index (χ0n) is 17.3. The first kappa shape index (κ1) is 20.7. The Kier molecular flexibility index (Phi) is 6.34. The van der Waals surface area contributed by atoms with Gasteiger partial charge in [-0.25, -0.2) is 20.8 Å². The van der Waals surface area contributed by atoms with Gasteiger partial charge >= 0.3 is 5.91 Å². The minimum atomic E-state index is -0.536. The Morgan fingerprint density at radius 2 is 2.03 bits per heavy atom. The van der Waals surface area contributed by atoms with E-state index in [1.165, 1.54) is 11.1 Å². The molecule has 1 aliphatic heterocycles. The maximum atomic E-state index is 12.2. The van der Waals surface area contributed by atoms with Crippen molar-refractivity contribution in [1.29, 1.82) is 0 Å². The molecule has 0 atom stereocenters. The van der Waals surface area contributed by atoms with E-state index in [0.29, 0.717) is 24.7 Å². The Hall–Kier alpha value is -3.56. The molecule has 3 aromatic rings. The van der Waals surface area contributed by atoms with Crippen LogP contribution >= 0.6 is 0 Å². The number of anilines is 2. The van der Waals surface area contributed by atoms with E-state index in [1.54, 1.807) is 13.3 Å². The normalized spacial score (nSPS) is 12.9. The molecule has 2 aromatic heterocycles. The molecule has 0 saturated heterocycles. The lowest BCUT2D eigenvalue weighted by Gasteiger charge is -2.30. The molecular formula is C22H25N7O2. The van der Waals surface area contributed by atoms with E-state index < -0.39 is 5.91 Å². The molecule has 160 valence electrons. The van der Waals surface area contributed by atoms with Crippen LogP contribution in [-0.2, 0) is 17.7 Å². The molecule has 9 heteroatoms. The Balaban J connectivity index is 1.63. The molecule has 3 heterocycles. The van der Waals surface area contributed by atoms with E-state index in [9.17, 15) is 4.79 Å². The van der Waals surface area contributed by atoms with Crippen LogP contribution in [0, 0.1) is 0 Å². The summed E-state index contributed by atoms with van der Waals surface area (Å²) in [5.41, 5.74) is 6.11. The van der Waals surface area contributed by atoms with Gasteiger partial charge in [-0.2, -0.15) is 0 Å². The van der Waals surface area contributed by atoms with Gasteiger partial charge in [0.05, 0.1) is 12.3 Å². The van der Waals surface area contributed by atoms with Crippen molar-refractivity contribution in [3.05, 3.63) is 65.6 Å². The van der Waals surface area contributed by atoms with Crippen molar-refractivity contribution >= 4 is 17.5 Å². The first-order valence-electron chi connectivity index (χ1n) is 10.1. The molecule has 0 spiro atoms. The van der Waals surface area contributed by atoms with Gasteiger partial charge in [-0.05, 0) is 29.7 Å². The van der Waals surface area contributed by atoms with Gasteiger partial charge < -0.3 is 15.0 Å². The van der Waals surface area contributed by atoms with Crippen molar-refractivity contribution in [2.24, 2.45) is 5.84 Å². The summed E-state index contributed by atoms with van der Waals surface area (Å²) in [7, 11) is 1.65. The summed E-state index contributed by atoms with van der Waals surface area (Å²) < 4.78 is 5.04. The average Bonchev–Trinajstić information content (AvgIpc) is 2.83. The number of nitrogens with two attached hydrogens (primary N) is 1. The second-order valence-electron chi connectivity index (χ2n) is 7.20. The van der Waals surface area contributed by atoms with Crippen molar-refractivity contribution in [1.82, 2.24) is 20.4 Å². The highest BCUT2D eigenvalue weighted by molar-refractivity contribution is 5.91. The molecule has 0 aliphatic carbocycles. The summed E-state index contributed by atoms with van der Waals surface area (Å²) in [6.45, 7) is 2.78. The maximum Gasteiger partial charge on any atom is 0.303 e. The van der Waals surface area contributed by atoms with E-state index in [-0.39, 0.29) is 5.82 Å². The second-order valence-corrected chi connectivity index (χ2v) is 7.20. The first-order valence-corrected chi connectivity index (χ1v) is 10.1. The van der Waals surface area contributed by atoms with Gasteiger partial charge in [-0.3, -0.25) is 10.2 Å². The van der Waals surface area contributed by atoms with Gasteiger partial charge in [0.25, 0.3) is 0 Å². The van der Waals surface area contributed by atoms with E-state index in [4.69, 9.17) is 10.6 Å². The van der Waals surface area contributed by atoms with Crippen LogP contribution in [0.15, 0.2) is 48.7 Å². The molecule has 0 radical (unpaired) electrons. The number of rotatable bonds is 7. The fourth-order valence-electron chi connectivity index (χ4n) is 3.53. The third kappa shape index (κ3) is 4.79. The van der Waals surface area contributed by atoms with Gasteiger partial charge in [0.2, 0.25) is 5.82 Å². The van der Waals surface area contributed by atoms with Crippen LogP contribution in [-0.4, -0.2) is 47.7 Å². The predicted octanol–water partition coefficient (Wildman–Crippen LogP) is 1.76. The number of amides is 1. The van der Waals surface area contributed by atoms with Crippen LogP contribution < -0.4 is 21.5 Å². The number of hydrazine groups is 1. The molecule has 1 amide bonds. The third-order valence-electron chi connectivity index (χ3n) is 5.17. The minimum Gasteiger partial charge on any atom is -0.383 e. The summed E-state index contributed by atoms with van der Waals surface area (Å²) in [5.74, 6) is 6.25. The quantitative estimate of drug-likeness (QED) is 0.229. The number of aromatic nitrogens is 3. The van der Waals surface area contributed by atoms with E-state index in [0.717, 1.165) is 30.9 Å². The highest BCUT2D eigenvalue weighted by atomic mass is 16.5. The fourth-order valence-corrected chi connectivity index (χ4v) is 3.53. The van der Waals surface area contributed by atoms with E-state index in [1.807, 2.05) is 24.3 Å². The van der Waals surface area contributed by atoms with Crippen molar-refractivity contribution in [2.75, 3.05) is 37.0 Å². The summed E-state index contributed by atoms with van der Waals surface area (Å²) in [6.07, 6.45) is 2.63. The number of pyridine rings is 1. The molecule has 4 N–H and O–H groups in total. The molecule has 1 aromatic carbocycles. The van der Waals surface area contributed by atoms with Gasteiger partial charge in [0.15, 0.2) is 0 Å². The van der Waals surface area contributed by atoms with Crippen molar-refractivity contribution < 1.29 is 9.53 Å². The number of nitrogens with zero attached hydrogens (tertiary/aromatic N) is 4. The maximum absolute atomic E-state index is 12.2. The Labute approximate surface area is 180 Å². The first-order chi connectivity index (χ1) is 15.2. The fraction of sp³-hybridized carbons (Fsp3) is 0.273. The highest BCUT2D eigenvalue weighted by Gasteiger charge is 2.20. The number of nitrogens with one attached hydrogen (secondary N) is 2. The van der Waals surface area contributed by atoms with E-state index in [2.05, 4.69) is 48.8 Å². The van der Waals surface area contributed by atoms with Gasteiger partial charge in [-0.15, -0.1) is 0 Å². The van der Waals surface area contributed by atoms with Crippen LogP contribution in [0.25, 0.3) is 11.3 Å². The lowest BCUT2D eigenvalue weighted by molar-refractivity contribution is 0.0943. The van der Waals surface area contributed by atoms with Crippen LogP contribution in [0.2, 0.25) is 0 Å². The topological polar surface area (TPSA) is 118 Å². The number of hydrogen-bond acceptors (Lipinski definition) is 8. The van der Waals surface area contributed by atoms with Gasteiger partial charge in [0.1, 0.15) is 11.6 Å². The smallest absolute Gasteiger partial charge is 0.303 e. The number of methoxy groups -OCH3 is 1. The zero-order chi connectivity index (χ0) is 21.6. The lowest BCUT2D eigenvalue weighted by Crippen LogP contribution is -2.34.